The third-order valence-electron chi connectivity index (χ3n) is 4.75. The van der Waals surface area contributed by atoms with Gasteiger partial charge in [0.15, 0.2) is 11.7 Å². The van der Waals surface area contributed by atoms with Gasteiger partial charge in [0.05, 0.1) is 31.6 Å². The number of aliphatic imine (C=N–C) groups is 1. The zero-order chi connectivity index (χ0) is 21.9. The SMILES string of the molecule is CCNC(=NCc1ccc(OC)c(NC(C)=O)c1)NCc1cc(C(CC)CC)no1. The molecule has 1 amide bonds. The lowest BCUT2D eigenvalue weighted by molar-refractivity contribution is -0.114. The summed E-state index contributed by atoms with van der Waals surface area (Å²) in [6, 6.07) is 7.63. The first kappa shape index (κ1) is 23.3. The molecule has 1 aromatic heterocycles. The molecule has 0 aliphatic heterocycles. The van der Waals surface area contributed by atoms with Crippen LogP contribution in [0.25, 0.3) is 0 Å². The molecule has 0 saturated heterocycles. The van der Waals surface area contributed by atoms with Gasteiger partial charge in [0.1, 0.15) is 5.75 Å². The Morgan fingerprint density at radius 3 is 2.60 bits per heavy atom. The van der Waals surface area contributed by atoms with Crippen molar-refractivity contribution >= 4 is 17.6 Å². The summed E-state index contributed by atoms with van der Waals surface area (Å²) in [5.41, 5.74) is 2.58. The van der Waals surface area contributed by atoms with Crippen LogP contribution in [0.2, 0.25) is 0 Å². The molecular weight excluding hydrogens is 382 g/mol. The molecule has 0 spiro atoms. The van der Waals surface area contributed by atoms with E-state index in [9.17, 15) is 4.79 Å². The summed E-state index contributed by atoms with van der Waals surface area (Å²) in [4.78, 5) is 16.0. The number of rotatable bonds is 10. The van der Waals surface area contributed by atoms with Crippen LogP contribution in [0.3, 0.4) is 0 Å². The number of nitrogens with zero attached hydrogens (tertiary/aromatic N) is 2. The molecule has 0 unspecified atom stereocenters. The summed E-state index contributed by atoms with van der Waals surface area (Å²) < 4.78 is 10.8. The summed E-state index contributed by atoms with van der Waals surface area (Å²) in [6.07, 6.45) is 2.09. The van der Waals surface area contributed by atoms with Gasteiger partial charge in [0.2, 0.25) is 5.91 Å². The second kappa shape index (κ2) is 11.8. The first-order valence-electron chi connectivity index (χ1n) is 10.4. The van der Waals surface area contributed by atoms with E-state index in [-0.39, 0.29) is 5.91 Å². The molecule has 30 heavy (non-hydrogen) atoms. The molecule has 0 radical (unpaired) electrons. The molecule has 0 aliphatic carbocycles. The highest BCUT2D eigenvalue weighted by atomic mass is 16.5. The fraction of sp³-hybridized carbons (Fsp3) is 0.500. The van der Waals surface area contributed by atoms with Crippen molar-refractivity contribution in [3.05, 3.63) is 41.3 Å². The Kier molecular flexibility index (Phi) is 9.18. The van der Waals surface area contributed by atoms with Crippen molar-refractivity contribution in [2.75, 3.05) is 19.0 Å². The zero-order valence-corrected chi connectivity index (χ0v) is 18.5. The highest BCUT2D eigenvalue weighted by Gasteiger charge is 2.13. The molecular formula is C22H33N5O3. The van der Waals surface area contributed by atoms with Crippen molar-refractivity contribution in [2.24, 2.45) is 4.99 Å². The number of amides is 1. The average Bonchev–Trinajstić information content (AvgIpc) is 3.19. The molecule has 2 rings (SSSR count). The van der Waals surface area contributed by atoms with Crippen molar-refractivity contribution in [3.8, 4) is 5.75 Å². The second-order valence-electron chi connectivity index (χ2n) is 7.00. The van der Waals surface area contributed by atoms with Gasteiger partial charge in [0, 0.05) is 25.5 Å². The molecule has 0 saturated carbocycles. The Hall–Kier alpha value is -3.03. The van der Waals surface area contributed by atoms with Crippen LogP contribution in [0.1, 0.15) is 63.5 Å². The van der Waals surface area contributed by atoms with Crippen molar-refractivity contribution in [3.63, 3.8) is 0 Å². The zero-order valence-electron chi connectivity index (χ0n) is 18.5. The lowest BCUT2D eigenvalue weighted by atomic mass is 9.99. The van der Waals surface area contributed by atoms with Crippen LogP contribution in [0.5, 0.6) is 5.75 Å². The van der Waals surface area contributed by atoms with Gasteiger partial charge in [-0.25, -0.2) is 4.99 Å². The minimum absolute atomic E-state index is 0.149. The van der Waals surface area contributed by atoms with Gasteiger partial charge >= 0.3 is 0 Å². The number of hydrogen-bond acceptors (Lipinski definition) is 5. The predicted octanol–water partition coefficient (Wildman–Crippen LogP) is 3.80. The van der Waals surface area contributed by atoms with Gasteiger partial charge < -0.3 is 25.2 Å². The predicted molar refractivity (Wildman–Crippen MR) is 119 cm³/mol. The summed E-state index contributed by atoms with van der Waals surface area (Å²) in [5.74, 6) is 2.34. The second-order valence-corrected chi connectivity index (χ2v) is 7.00. The van der Waals surface area contributed by atoms with Crippen LogP contribution in [0.4, 0.5) is 5.69 Å². The number of carbonyl (C=O) groups is 1. The highest BCUT2D eigenvalue weighted by Crippen LogP contribution is 2.26. The lowest BCUT2D eigenvalue weighted by Gasteiger charge is -2.12. The third-order valence-corrected chi connectivity index (χ3v) is 4.75. The molecule has 1 heterocycles. The maximum Gasteiger partial charge on any atom is 0.221 e. The van der Waals surface area contributed by atoms with Gasteiger partial charge in [-0.1, -0.05) is 25.1 Å². The normalized spacial score (nSPS) is 11.5. The standard InChI is InChI=1S/C22H33N5O3/c1-6-17(7-2)19-12-18(30-27-19)14-25-22(23-8-3)24-13-16-9-10-21(29-5)20(11-16)26-15(4)28/h9-12,17H,6-8,13-14H2,1-5H3,(H,26,28)(H2,23,24,25). The molecule has 8 heteroatoms. The third kappa shape index (κ3) is 6.79. The van der Waals surface area contributed by atoms with Crippen molar-refractivity contribution in [1.29, 1.82) is 0 Å². The van der Waals surface area contributed by atoms with Crippen molar-refractivity contribution < 1.29 is 14.1 Å². The molecule has 0 aliphatic rings. The van der Waals surface area contributed by atoms with E-state index in [0.29, 0.717) is 36.4 Å². The number of methoxy groups -OCH3 is 1. The highest BCUT2D eigenvalue weighted by molar-refractivity contribution is 5.90. The Bertz CT molecular complexity index is 843. The number of guanidine groups is 1. The van der Waals surface area contributed by atoms with Gasteiger partial charge in [-0.2, -0.15) is 0 Å². The van der Waals surface area contributed by atoms with Crippen LogP contribution < -0.4 is 20.7 Å². The van der Waals surface area contributed by atoms with Gasteiger partial charge in [-0.15, -0.1) is 0 Å². The van der Waals surface area contributed by atoms with E-state index in [1.165, 1.54) is 6.92 Å². The summed E-state index contributed by atoms with van der Waals surface area (Å²) >= 11 is 0. The number of aromatic nitrogens is 1. The van der Waals surface area contributed by atoms with Crippen LogP contribution in [0, 0.1) is 0 Å². The summed E-state index contributed by atoms with van der Waals surface area (Å²) in [7, 11) is 1.57. The molecule has 3 N–H and O–H groups in total. The Morgan fingerprint density at radius 2 is 1.97 bits per heavy atom. The number of anilines is 1. The van der Waals surface area contributed by atoms with Gasteiger partial charge in [-0.05, 0) is 37.5 Å². The largest absolute Gasteiger partial charge is 0.495 e. The molecule has 0 fully saturated rings. The van der Waals surface area contributed by atoms with E-state index in [1.54, 1.807) is 7.11 Å². The number of benzene rings is 1. The number of nitrogens with one attached hydrogen (secondary N) is 3. The maximum atomic E-state index is 11.4. The van der Waals surface area contributed by atoms with E-state index in [4.69, 9.17) is 9.26 Å². The minimum atomic E-state index is -0.149. The Morgan fingerprint density at radius 1 is 1.20 bits per heavy atom. The molecule has 8 nitrogen and oxygen atoms in total. The van der Waals surface area contributed by atoms with Crippen molar-refractivity contribution in [1.82, 2.24) is 15.8 Å². The fourth-order valence-corrected chi connectivity index (χ4v) is 3.14. The average molecular weight is 416 g/mol. The van der Waals surface area contributed by atoms with E-state index in [1.807, 2.05) is 31.2 Å². The molecule has 1 aromatic carbocycles. The first-order valence-corrected chi connectivity index (χ1v) is 10.4. The molecule has 0 bridgehead atoms. The number of hydrogen-bond donors (Lipinski definition) is 3. The van der Waals surface area contributed by atoms with Crippen molar-refractivity contribution in [2.45, 2.75) is 59.5 Å². The van der Waals surface area contributed by atoms with Crippen LogP contribution in [-0.4, -0.2) is 30.7 Å². The van der Waals surface area contributed by atoms with Crippen LogP contribution >= 0.6 is 0 Å². The maximum absolute atomic E-state index is 11.4. The van der Waals surface area contributed by atoms with E-state index in [0.717, 1.165) is 36.4 Å². The Labute approximate surface area is 178 Å². The summed E-state index contributed by atoms with van der Waals surface area (Å²) in [6.45, 7) is 9.48. The number of carbonyl (C=O) groups excluding carboxylic acids is 1. The molecule has 164 valence electrons. The van der Waals surface area contributed by atoms with Crippen LogP contribution in [-0.2, 0) is 17.9 Å². The fourth-order valence-electron chi connectivity index (χ4n) is 3.14. The lowest BCUT2D eigenvalue weighted by Crippen LogP contribution is -2.36. The minimum Gasteiger partial charge on any atom is -0.495 e. The monoisotopic (exact) mass is 415 g/mol. The Balaban J connectivity index is 2.05. The smallest absolute Gasteiger partial charge is 0.221 e. The molecule has 2 aromatic rings. The topological polar surface area (TPSA) is 101 Å². The quantitative estimate of drug-likeness (QED) is 0.403. The van der Waals surface area contributed by atoms with E-state index >= 15 is 0 Å². The van der Waals surface area contributed by atoms with Crippen LogP contribution in [0.15, 0.2) is 33.8 Å². The first-order chi connectivity index (χ1) is 14.5. The number of ether oxygens (including phenoxy) is 1. The van der Waals surface area contributed by atoms with E-state index < -0.39 is 0 Å². The molecule has 0 atom stereocenters. The summed E-state index contributed by atoms with van der Waals surface area (Å²) in [5, 5.41) is 13.5. The van der Waals surface area contributed by atoms with E-state index in [2.05, 4.69) is 39.9 Å². The van der Waals surface area contributed by atoms with Gasteiger partial charge in [0.25, 0.3) is 0 Å². The van der Waals surface area contributed by atoms with Gasteiger partial charge in [-0.3, -0.25) is 4.79 Å².